The molecule has 1 fully saturated rings. The van der Waals surface area contributed by atoms with Gasteiger partial charge in [0.2, 0.25) is 5.91 Å². The number of hydrogen-bond donors (Lipinski definition) is 2. The molecule has 5 nitrogen and oxygen atoms in total. The molecule has 0 aromatic carbocycles. The first-order valence-electron chi connectivity index (χ1n) is 6.78. The molecule has 1 aliphatic rings. The van der Waals surface area contributed by atoms with Crippen molar-refractivity contribution in [3.8, 4) is 0 Å². The fourth-order valence-electron chi connectivity index (χ4n) is 2.37. The van der Waals surface area contributed by atoms with Gasteiger partial charge in [-0.15, -0.1) is 0 Å². The van der Waals surface area contributed by atoms with E-state index in [4.69, 9.17) is 9.47 Å². The topological polar surface area (TPSA) is 59.6 Å². The van der Waals surface area contributed by atoms with Crippen LogP contribution in [-0.4, -0.2) is 51.5 Å². The zero-order valence-electron chi connectivity index (χ0n) is 11.7. The maximum atomic E-state index is 11.6. The number of rotatable bonds is 8. The van der Waals surface area contributed by atoms with Crippen molar-refractivity contribution in [1.82, 2.24) is 10.6 Å². The van der Waals surface area contributed by atoms with E-state index in [1.165, 1.54) is 0 Å². The Kier molecular flexibility index (Phi) is 7.23. The van der Waals surface area contributed by atoms with Crippen LogP contribution < -0.4 is 10.6 Å². The largest absolute Gasteiger partial charge is 0.383 e. The Morgan fingerprint density at radius 3 is 3.00 bits per heavy atom. The Labute approximate surface area is 110 Å². The van der Waals surface area contributed by atoms with Crippen LogP contribution in [0.5, 0.6) is 0 Å². The molecule has 0 bridgehead atoms. The normalized spacial score (nSPS) is 25.1. The molecule has 2 N–H and O–H groups in total. The Morgan fingerprint density at radius 1 is 1.56 bits per heavy atom. The highest BCUT2D eigenvalue weighted by Gasteiger charge is 2.26. The summed E-state index contributed by atoms with van der Waals surface area (Å²) in [6.45, 7) is 6.68. The summed E-state index contributed by atoms with van der Waals surface area (Å²) in [5, 5.41) is 6.08. The molecule has 0 saturated carbocycles. The molecule has 0 aliphatic carbocycles. The third-order valence-corrected chi connectivity index (χ3v) is 3.26. The van der Waals surface area contributed by atoms with Crippen molar-refractivity contribution in [2.45, 2.75) is 38.8 Å². The van der Waals surface area contributed by atoms with Crippen molar-refractivity contribution in [2.75, 3.05) is 33.4 Å². The molecule has 1 heterocycles. The van der Waals surface area contributed by atoms with Gasteiger partial charge in [0.05, 0.1) is 19.3 Å². The summed E-state index contributed by atoms with van der Waals surface area (Å²) in [5.41, 5.74) is 0. The van der Waals surface area contributed by atoms with Gasteiger partial charge in [-0.1, -0.05) is 6.92 Å². The third kappa shape index (κ3) is 5.33. The van der Waals surface area contributed by atoms with E-state index in [-0.39, 0.29) is 11.9 Å². The summed E-state index contributed by atoms with van der Waals surface area (Å²) in [7, 11) is 1.63. The molecule has 0 radical (unpaired) electrons. The van der Waals surface area contributed by atoms with E-state index < -0.39 is 0 Å². The van der Waals surface area contributed by atoms with E-state index in [1.54, 1.807) is 7.11 Å². The lowest BCUT2D eigenvalue weighted by Crippen LogP contribution is -2.42. The Hall–Kier alpha value is -0.650. The van der Waals surface area contributed by atoms with Crippen LogP contribution in [0.4, 0.5) is 0 Å². The third-order valence-electron chi connectivity index (χ3n) is 3.26. The predicted molar refractivity (Wildman–Crippen MR) is 70.5 cm³/mol. The number of carbonyl (C=O) groups excluding carboxylic acids is 1. The fraction of sp³-hybridized carbons (Fsp3) is 0.923. The number of ether oxygens (including phenoxy) is 2. The highest BCUT2D eigenvalue weighted by Crippen LogP contribution is 2.22. The molecule has 0 aromatic rings. The van der Waals surface area contributed by atoms with Gasteiger partial charge in [0.1, 0.15) is 0 Å². The first kappa shape index (κ1) is 15.4. The van der Waals surface area contributed by atoms with E-state index in [9.17, 15) is 4.79 Å². The minimum absolute atomic E-state index is 0.0199. The lowest BCUT2D eigenvalue weighted by atomic mass is 10.00. The van der Waals surface area contributed by atoms with Crippen LogP contribution in [0.2, 0.25) is 0 Å². The van der Waals surface area contributed by atoms with Crippen molar-refractivity contribution < 1.29 is 14.3 Å². The second-order valence-corrected chi connectivity index (χ2v) is 4.92. The summed E-state index contributed by atoms with van der Waals surface area (Å²) in [6.07, 6.45) is 2.49. The Morgan fingerprint density at radius 2 is 2.33 bits per heavy atom. The standard InChI is InChI=1S/C13H26N2O3/c1-4-12-11(5-6-18-12)7-14-8-13(16)15-10(2)9-17-3/h10-12,14H,4-9H2,1-3H3,(H,15,16). The fourth-order valence-corrected chi connectivity index (χ4v) is 2.37. The molecule has 106 valence electrons. The summed E-state index contributed by atoms with van der Waals surface area (Å²) in [5.74, 6) is 0.561. The van der Waals surface area contributed by atoms with Crippen LogP contribution in [-0.2, 0) is 14.3 Å². The summed E-state index contributed by atoms with van der Waals surface area (Å²) in [6, 6.07) is 0.0579. The SMILES string of the molecule is CCC1OCCC1CNCC(=O)NC(C)COC. The highest BCUT2D eigenvalue weighted by atomic mass is 16.5. The molecule has 3 unspecified atom stereocenters. The van der Waals surface area contributed by atoms with E-state index in [2.05, 4.69) is 17.6 Å². The maximum absolute atomic E-state index is 11.6. The van der Waals surface area contributed by atoms with Crippen LogP contribution in [0.1, 0.15) is 26.7 Å². The minimum Gasteiger partial charge on any atom is -0.383 e. The molecule has 3 atom stereocenters. The summed E-state index contributed by atoms with van der Waals surface area (Å²) < 4.78 is 10.6. The minimum atomic E-state index is 0.0199. The summed E-state index contributed by atoms with van der Waals surface area (Å²) in [4.78, 5) is 11.6. The van der Waals surface area contributed by atoms with Crippen molar-refractivity contribution >= 4 is 5.91 Å². The van der Waals surface area contributed by atoms with Crippen LogP contribution in [0.25, 0.3) is 0 Å². The van der Waals surface area contributed by atoms with E-state index in [0.717, 1.165) is 26.0 Å². The number of amides is 1. The number of methoxy groups -OCH3 is 1. The number of hydrogen-bond acceptors (Lipinski definition) is 4. The van der Waals surface area contributed by atoms with Gasteiger partial charge in [-0.05, 0) is 25.7 Å². The van der Waals surface area contributed by atoms with Gasteiger partial charge in [0, 0.05) is 26.3 Å². The number of carbonyl (C=O) groups is 1. The predicted octanol–water partition coefficient (Wildman–Crippen LogP) is 0.542. The molecular weight excluding hydrogens is 232 g/mol. The molecule has 5 heteroatoms. The van der Waals surface area contributed by atoms with Gasteiger partial charge in [0.25, 0.3) is 0 Å². The molecule has 0 aromatic heterocycles. The first-order chi connectivity index (χ1) is 8.67. The first-order valence-corrected chi connectivity index (χ1v) is 6.78. The van der Waals surface area contributed by atoms with E-state index >= 15 is 0 Å². The molecule has 0 spiro atoms. The second kappa shape index (κ2) is 8.45. The Balaban J connectivity index is 2.11. The van der Waals surface area contributed by atoms with Crippen molar-refractivity contribution in [3.05, 3.63) is 0 Å². The number of nitrogens with one attached hydrogen (secondary N) is 2. The van der Waals surface area contributed by atoms with Gasteiger partial charge in [0.15, 0.2) is 0 Å². The quantitative estimate of drug-likeness (QED) is 0.667. The second-order valence-electron chi connectivity index (χ2n) is 4.92. The average molecular weight is 258 g/mol. The molecule has 1 aliphatic heterocycles. The van der Waals surface area contributed by atoms with Crippen molar-refractivity contribution in [2.24, 2.45) is 5.92 Å². The van der Waals surface area contributed by atoms with Gasteiger partial charge < -0.3 is 20.1 Å². The molecule has 1 amide bonds. The monoisotopic (exact) mass is 258 g/mol. The molecule has 18 heavy (non-hydrogen) atoms. The van der Waals surface area contributed by atoms with E-state index in [1.807, 2.05) is 6.92 Å². The van der Waals surface area contributed by atoms with Crippen LogP contribution in [0, 0.1) is 5.92 Å². The molecular formula is C13H26N2O3. The smallest absolute Gasteiger partial charge is 0.234 e. The molecule has 1 rings (SSSR count). The van der Waals surface area contributed by atoms with Crippen LogP contribution in [0.15, 0.2) is 0 Å². The van der Waals surface area contributed by atoms with Gasteiger partial charge in [-0.25, -0.2) is 0 Å². The van der Waals surface area contributed by atoms with Crippen molar-refractivity contribution in [3.63, 3.8) is 0 Å². The lowest BCUT2D eigenvalue weighted by Gasteiger charge is -2.18. The zero-order valence-corrected chi connectivity index (χ0v) is 11.7. The average Bonchev–Trinajstić information content (AvgIpc) is 2.76. The van der Waals surface area contributed by atoms with Crippen molar-refractivity contribution in [1.29, 1.82) is 0 Å². The van der Waals surface area contributed by atoms with Gasteiger partial charge in [-0.2, -0.15) is 0 Å². The van der Waals surface area contributed by atoms with Crippen LogP contribution >= 0.6 is 0 Å². The highest BCUT2D eigenvalue weighted by molar-refractivity contribution is 5.78. The van der Waals surface area contributed by atoms with Gasteiger partial charge >= 0.3 is 0 Å². The van der Waals surface area contributed by atoms with E-state index in [0.29, 0.717) is 25.2 Å². The zero-order chi connectivity index (χ0) is 13.4. The van der Waals surface area contributed by atoms with Gasteiger partial charge in [-0.3, -0.25) is 4.79 Å². The summed E-state index contributed by atoms with van der Waals surface area (Å²) >= 11 is 0. The van der Waals surface area contributed by atoms with Crippen LogP contribution in [0.3, 0.4) is 0 Å². The Bertz CT molecular complexity index is 248. The lowest BCUT2D eigenvalue weighted by molar-refractivity contribution is -0.121. The molecule has 1 saturated heterocycles. The maximum Gasteiger partial charge on any atom is 0.234 e.